The lowest BCUT2D eigenvalue weighted by Gasteiger charge is -2.36. The van der Waals surface area contributed by atoms with Gasteiger partial charge in [0.15, 0.2) is 0 Å². The minimum Gasteiger partial charge on any atom is -0.492 e. The average molecular weight is 426 g/mol. The average Bonchev–Trinajstić information content (AvgIpc) is 3.47. The first-order valence-corrected chi connectivity index (χ1v) is 11.6. The Morgan fingerprint density at radius 2 is 1.65 bits per heavy atom. The van der Waals surface area contributed by atoms with Crippen LogP contribution in [-0.2, 0) is 14.4 Å². The monoisotopic (exact) mass is 425 g/mol. The Labute approximate surface area is 183 Å². The Hall–Kier alpha value is -2.38. The summed E-state index contributed by atoms with van der Waals surface area (Å²) in [5, 5.41) is 1.07. The van der Waals surface area contributed by atoms with Gasteiger partial charge in [-0.25, -0.2) is 0 Å². The van der Waals surface area contributed by atoms with Crippen LogP contribution in [0.15, 0.2) is 36.4 Å². The Kier molecular flexibility index (Phi) is 5.71. The van der Waals surface area contributed by atoms with Gasteiger partial charge in [0, 0.05) is 32.7 Å². The molecule has 5 rings (SSSR count). The van der Waals surface area contributed by atoms with E-state index in [1.165, 1.54) is 0 Å². The zero-order chi connectivity index (χ0) is 21.4. The second kappa shape index (κ2) is 8.63. The van der Waals surface area contributed by atoms with Gasteiger partial charge in [-0.3, -0.25) is 19.3 Å². The first-order valence-electron chi connectivity index (χ1n) is 11.6. The van der Waals surface area contributed by atoms with Crippen LogP contribution in [0.25, 0.3) is 0 Å². The van der Waals surface area contributed by atoms with E-state index in [9.17, 15) is 9.59 Å². The summed E-state index contributed by atoms with van der Waals surface area (Å²) in [6.07, 6.45) is 5.95. The van der Waals surface area contributed by atoms with Gasteiger partial charge >= 0.3 is 0 Å². The van der Waals surface area contributed by atoms with E-state index in [-0.39, 0.29) is 35.5 Å². The van der Waals surface area contributed by atoms with Gasteiger partial charge in [-0.15, -0.1) is 0 Å². The van der Waals surface area contributed by atoms with E-state index < -0.39 is 0 Å². The van der Waals surface area contributed by atoms with Gasteiger partial charge in [-0.05, 0) is 43.7 Å². The molecule has 0 aromatic heterocycles. The largest absolute Gasteiger partial charge is 0.492 e. The molecule has 7 heteroatoms. The number of piperazine rings is 1. The van der Waals surface area contributed by atoms with E-state index in [4.69, 9.17) is 9.57 Å². The number of carbonyl (C=O) groups excluding carboxylic acids is 2. The van der Waals surface area contributed by atoms with Gasteiger partial charge in [-0.1, -0.05) is 24.3 Å². The van der Waals surface area contributed by atoms with Crippen molar-refractivity contribution in [1.29, 1.82) is 0 Å². The van der Waals surface area contributed by atoms with Crippen molar-refractivity contribution in [2.75, 3.05) is 50.8 Å². The van der Waals surface area contributed by atoms with Gasteiger partial charge in [0.1, 0.15) is 5.75 Å². The minimum absolute atomic E-state index is 0.131. The Morgan fingerprint density at radius 1 is 0.968 bits per heavy atom. The highest BCUT2D eigenvalue weighted by Crippen LogP contribution is 2.52. The predicted molar refractivity (Wildman–Crippen MR) is 116 cm³/mol. The number of rotatable bonds is 8. The van der Waals surface area contributed by atoms with Crippen LogP contribution in [0.2, 0.25) is 0 Å². The number of allylic oxidation sites excluding steroid dienone is 2. The standard InChI is InChI=1S/C24H31N3O4/c1-2-30-20-7-4-3-6-19(20)26-13-11-25(12-14-26)10-5-15-31-27-23(28)21-17-8-9-18(16-17)22(21)24(27)29/h3-4,6-9,17-18,21-22H,2,5,10-16H2,1H3/t17-,18+,21?,22?. The van der Waals surface area contributed by atoms with Crippen LogP contribution < -0.4 is 9.64 Å². The molecule has 7 nitrogen and oxygen atoms in total. The zero-order valence-corrected chi connectivity index (χ0v) is 18.1. The molecule has 2 saturated heterocycles. The van der Waals surface area contributed by atoms with E-state index in [1.54, 1.807) is 0 Å². The number of hydroxylamine groups is 2. The molecule has 4 atom stereocenters. The molecule has 0 radical (unpaired) electrons. The van der Waals surface area contributed by atoms with E-state index in [0.717, 1.165) is 62.1 Å². The van der Waals surface area contributed by atoms with E-state index in [1.807, 2.05) is 19.1 Å². The number of hydrogen-bond acceptors (Lipinski definition) is 6. The Balaban J connectivity index is 1.06. The van der Waals surface area contributed by atoms with Crippen LogP contribution in [0.4, 0.5) is 5.69 Å². The fourth-order valence-corrected chi connectivity index (χ4v) is 5.65. The number of para-hydroxylation sites is 2. The molecule has 31 heavy (non-hydrogen) atoms. The smallest absolute Gasteiger partial charge is 0.258 e. The fraction of sp³-hybridized carbons (Fsp3) is 0.583. The predicted octanol–water partition coefficient (Wildman–Crippen LogP) is 2.34. The van der Waals surface area contributed by atoms with Crippen LogP contribution in [0, 0.1) is 23.7 Å². The lowest BCUT2D eigenvalue weighted by molar-refractivity contribution is -0.190. The van der Waals surface area contributed by atoms with Crippen molar-refractivity contribution >= 4 is 17.5 Å². The number of ether oxygens (including phenoxy) is 1. The second-order valence-electron chi connectivity index (χ2n) is 8.89. The van der Waals surface area contributed by atoms with Crippen molar-refractivity contribution < 1.29 is 19.2 Å². The van der Waals surface area contributed by atoms with Crippen molar-refractivity contribution in [2.24, 2.45) is 23.7 Å². The molecule has 0 spiro atoms. The third-order valence-electron chi connectivity index (χ3n) is 7.15. The number of fused-ring (bicyclic) bond motifs is 5. The molecular weight excluding hydrogens is 394 g/mol. The summed E-state index contributed by atoms with van der Waals surface area (Å²) in [6.45, 7) is 7.82. The lowest BCUT2D eigenvalue weighted by Crippen LogP contribution is -2.47. The highest BCUT2D eigenvalue weighted by Gasteiger charge is 2.60. The number of hydrogen-bond donors (Lipinski definition) is 0. The van der Waals surface area contributed by atoms with Crippen molar-refractivity contribution in [3.05, 3.63) is 36.4 Å². The number of anilines is 1. The third kappa shape index (κ3) is 3.74. The van der Waals surface area contributed by atoms with Crippen LogP contribution >= 0.6 is 0 Å². The highest BCUT2D eigenvalue weighted by atomic mass is 16.7. The first kappa shape index (κ1) is 20.5. The van der Waals surface area contributed by atoms with Crippen molar-refractivity contribution in [3.8, 4) is 5.75 Å². The first-order chi connectivity index (χ1) is 15.2. The maximum Gasteiger partial charge on any atom is 0.258 e. The molecule has 2 heterocycles. The molecule has 3 fully saturated rings. The summed E-state index contributed by atoms with van der Waals surface area (Å²) in [7, 11) is 0. The van der Waals surface area contributed by atoms with E-state index >= 15 is 0 Å². The van der Waals surface area contributed by atoms with Crippen LogP contribution in [0.1, 0.15) is 19.8 Å². The third-order valence-corrected chi connectivity index (χ3v) is 7.15. The Morgan fingerprint density at radius 3 is 2.32 bits per heavy atom. The quantitative estimate of drug-likeness (QED) is 0.362. The zero-order valence-electron chi connectivity index (χ0n) is 18.1. The molecule has 2 amide bonds. The van der Waals surface area contributed by atoms with Crippen molar-refractivity contribution in [2.45, 2.75) is 19.8 Å². The number of imide groups is 1. The van der Waals surface area contributed by atoms with Gasteiger partial charge in [0.25, 0.3) is 11.8 Å². The van der Waals surface area contributed by atoms with Gasteiger partial charge in [-0.2, -0.15) is 5.06 Å². The molecule has 2 bridgehead atoms. The molecule has 0 N–H and O–H groups in total. The molecule has 2 unspecified atom stereocenters. The molecule has 4 aliphatic rings. The number of nitrogens with zero attached hydrogens (tertiary/aromatic N) is 3. The molecule has 166 valence electrons. The van der Waals surface area contributed by atoms with Crippen LogP contribution in [-0.4, -0.2) is 67.7 Å². The molecule has 2 aliphatic heterocycles. The maximum atomic E-state index is 12.6. The van der Waals surface area contributed by atoms with Gasteiger partial charge < -0.3 is 9.64 Å². The molecule has 1 aromatic rings. The lowest BCUT2D eigenvalue weighted by atomic mass is 9.85. The molecule has 1 aromatic carbocycles. The molecular formula is C24H31N3O4. The summed E-state index contributed by atoms with van der Waals surface area (Å²) in [5.41, 5.74) is 1.16. The number of carbonyl (C=O) groups is 2. The van der Waals surface area contributed by atoms with E-state index in [2.05, 4.69) is 34.1 Å². The van der Waals surface area contributed by atoms with Gasteiger partial charge in [0.05, 0.1) is 30.7 Å². The summed E-state index contributed by atoms with van der Waals surface area (Å²) in [5.74, 6) is 0.765. The highest BCUT2D eigenvalue weighted by molar-refractivity contribution is 6.05. The van der Waals surface area contributed by atoms with Gasteiger partial charge in [0.2, 0.25) is 0 Å². The maximum absolute atomic E-state index is 12.6. The van der Waals surface area contributed by atoms with Crippen molar-refractivity contribution in [3.63, 3.8) is 0 Å². The summed E-state index contributed by atoms with van der Waals surface area (Å²) in [4.78, 5) is 35.7. The second-order valence-corrected chi connectivity index (χ2v) is 8.89. The summed E-state index contributed by atoms with van der Waals surface area (Å²) < 4.78 is 5.77. The number of amides is 2. The minimum atomic E-state index is -0.185. The Bertz CT molecular complexity index is 834. The fourth-order valence-electron chi connectivity index (χ4n) is 5.65. The SMILES string of the molecule is CCOc1ccccc1N1CCN(CCCON2C(=O)C3C(C2=O)[C@H]2C=C[C@@H]3C2)CC1. The summed E-state index contributed by atoms with van der Waals surface area (Å²) >= 11 is 0. The number of benzene rings is 1. The van der Waals surface area contributed by atoms with Crippen molar-refractivity contribution in [1.82, 2.24) is 9.96 Å². The van der Waals surface area contributed by atoms with Crippen LogP contribution in [0.5, 0.6) is 5.75 Å². The van der Waals surface area contributed by atoms with E-state index in [0.29, 0.717) is 13.2 Å². The molecule has 1 saturated carbocycles. The topological polar surface area (TPSA) is 62.3 Å². The molecule has 2 aliphatic carbocycles. The van der Waals surface area contributed by atoms with Crippen LogP contribution in [0.3, 0.4) is 0 Å². The normalized spacial score (nSPS) is 29.8. The summed E-state index contributed by atoms with van der Waals surface area (Å²) in [6, 6.07) is 8.21.